The Hall–Kier alpha value is -1.75. The molecule has 2 N–H and O–H groups in total. The van der Waals surface area contributed by atoms with Crippen LogP contribution in [0.3, 0.4) is 0 Å². The third kappa shape index (κ3) is 3.47. The number of para-hydroxylation sites is 1. The van der Waals surface area contributed by atoms with E-state index in [1.54, 1.807) is 18.2 Å². The van der Waals surface area contributed by atoms with Crippen LogP contribution in [0.5, 0.6) is 0 Å². The number of halogens is 1. The Morgan fingerprint density at radius 2 is 1.95 bits per heavy atom. The first kappa shape index (κ1) is 15.6. The highest BCUT2D eigenvalue weighted by Crippen LogP contribution is 2.35. The molecule has 2 rings (SSSR count). The topological polar surface area (TPSA) is 69.6 Å². The molecule has 5 nitrogen and oxygen atoms in total. The van der Waals surface area contributed by atoms with E-state index in [4.69, 9.17) is 16.7 Å². The second-order valence-electron chi connectivity index (χ2n) is 5.56. The van der Waals surface area contributed by atoms with E-state index >= 15 is 0 Å². The van der Waals surface area contributed by atoms with Gasteiger partial charge in [-0.2, -0.15) is 0 Å². The predicted molar refractivity (Wildman–Crippen MR) is 82.9 cm³/mol. The molecule has 0 aliphatic heterocycles. The van der Waals surface area contributed by atoms with Crippen LogP contribution in [-0.2, 0) is 9.59 Å². The lowest BCUT2D eigenvalue weighted by Gasteiger charge is -2.20. The average Bonchev–Trinajstić information content (AvgIpc) is 2.88. The minimum Gasteiger partial charge on any atom is -0.481 e. The third-order valence-electron chi connectivity index (χ3n) is 3.84. The molecule has 0 aromatic heterocycles. The number of carboxylic acid groups (broad SMARTS) is 1. The number of nitrogens with zero attached hydrogens (tertiary/aromatic N) is 1. The summed E-state index contributed by atoms with van der Waals surface area (Å²) in [6.07, 6.45) is 1.57. The zero-order chi connectivity index (χ0) is 15.6. The van der Waals surface area contributed by atoms with Crippen molar-refractivity contribution >= 4 is 34.9 Å². The summed E-state index contributed by atoms with van der Waals surface area (Å²) in [7, 11) is 3.71. The zero-order valence-electron chi connectivity index (χ0n) is 12.1. The number of hydrogen-bond acceptors (Lipinski definition) is 3. The largest absolute Gasteiger partial charge is 0.481 e. The number of carboxylic acids is 1. The number of hydrogen-bond donors (Lipinski definition) is 2. The van der Waals surface area contributed by atoms with Crippen molar-refractivity contribution in [3.63, 3.8) is 0 Å². The van der Waals surface area contributed by atoms with Gasteiger partial charge in [0.2, 0.25) is 5.91 Å². The van der Waals surface area contributed by atoms with E-state index in [0.29, 0.717) is 30.0 Å². The first-order valence-corrected chi connectivity index (χ1v) is 7.27. The fourth-order valence-electron chi connectivity index (χ4n) is 2.75. The minimum atomic E-state index is -0.818. The molecule has 114 valence electrons. The van der Waals surface area contributed by atoms with Gasteiger partial charge >= 0.3 is 5.97 Å². The number of carbonyl (C=O) groups is 2. The molecular formula is C15H19ClN2O3. The number of benzene rings is 1. The Labute approximate surface area is 128 Å². The Balaban J connectivity index is 2.11. The molecular weight excluding hydrogens is 292 g/mol. The van der Waals surface area contributed by atoms with Gasteiger partial charge in [-0.05, 0) is 31.4 Å². The lowest BCUT2D eigenvalue weighted by atomic mass is 10.0. The van der Waals surface area contributed by atoms with Gasteiger partial charge in [0.05, 0.1) is 22.3 Å². The van der Waals surface area contributed by atoms with E-state index in [1.807, 2.05) is 19.0 Å². The quantitative estimate of drug-likeness (QED) is 0.897. The van der Waals surface area contributed by atoms with E-state index in [1.165, 1.54) is 0 Å². The maximum Gasteiger partial charge on any atom is 0.306 e. The third-order valence-corrected chi connectivity index (χ3v) is 4.15. The van der Waals surface area contributed by atoms with Gasteiger partial charge in [0.25, 0.3) is 0 Å². The molecule has 1 fully saturated rings. The molecule has 21 heavy (non-hydrogen) atoms. The monoisotopic (exact) mass is 310 g/mol. The van der Waals surface area contributed by atoms with Gasteiger partial charge in [0.15, 0.2) is 0 Å². The molecule has 1 aromatic carbocycles. The number of nitrogens with one attached hydrogen (secondary N) is 1. The van der Waals surface area contributed by atoms with Gasteiger partial charge in [0, 0.05) is 20.0 Å². The van der Waals surface area contributed by atoms with Crippen LogP contribution < -0.4 is 10.2 Å². The Morgan fingerprint density at radius 1 is 1.29 bits per heavy atom. The molecule has 1 aliphatic carbocycles. The number of anilines is 2. The standard InChI is InChI=1S/C15H19ClN2O3/c1-18(2)13-11(16)4-3-5-12(13)17-14(19)9-6-7-10(8-9)15(20)21/h3-5,9-10H,6-8H2,1-2H3,(H,17,19)(H,20,21)/t9-,10+/m1/s1. The van der Waals surface area contributed by atoms with Crippen LogP contribution in [0.4, 0.5) is 11.4 Å². The van der Waals surface area contributed by atoms with Crippen LogP contribution in [0.2, 0.25) is 5.02 Å². The number of aliphatic carboxylic acids is 1. The first-order valence-electron chi connectivity index (χ1n) is 6.89. The highest BCUT2D eigenvalue weighted by molar-refractivity contribution is 6.34. The fourth-order valence-corrected chi connectivity index (χ4v) is 3.09. The van der Waals surface area contributed by atoms with Crippen LogP contribution in [0.1, 0.15) is 19.3 Å². The summed E-state index contributed by atoms with van der Waals surface area (Å²) < 4.78 is 0. The molecule has 6 heteroatoms. The summed E-state index contributed by atoms with van der Waals surface area (Å²) in [6.45, 7) is 0. The lowest BCUT2D eigenvalue weighted by molar-refractivity contribution is -0.141. The molecule has 1 aliphatic rings. The van der Waals surface area contributed by atoms with Crippen LogP contribution in [0, 0.1) is 11.8 Å². The van der Waals surface area contributed by atoms with E-state index in [9.17, 15) is 9.59 Å². The van der Waals surface area contributed by atoms with Crippen molar-refractivity contribution in [2.45, 2.75) is 19.3 Å². The molecule has 1 aromatic rings. The van der Waals surface area contributed by atoms with E-state index in [-0.39, 0.29) is 11.8 Å². The summed E-state index contributed by atoms with van der Waals surface area (Å²) in [5.74, 6) is -1.61. The van der Waals surface area contributed by atoms with E-state index in [2.05, 4.69) is 5.32 Å². The lowest BCUT2D eigenvalue weighted by Crippen LogP contribution is -2.23. The van der Waals surface area contributed by atoms with Gasteiger partial charge in [0.1, 0.15) is 0 Å². The van der Waals surface area contributed by atoms with Crippen LogP contribution in [-0.4, -0.2) is 31.1 Å². The number of amides is 1. The summed E-state index contributed by atoms with van der Waals surface area (Å²) in [5, 5.41) is 12.4. The highest BCUT2D eigenvalue weighted by Gasteiger charge is 2.34. The Morgan fingerprint density at radius 3 is 2.52 bits per heavy atom. The average molecular weight is 311 g/mol. The summed E-state index contributed by atoms with van der Waals surface area (Å²) >= 11 is 6.16. The van der Waals surface area contributed by atoms with Crippen LogP contribution in [0.25, 0.3) is 0 Å². The molecule has 0 spiro atoms. The summed E-state index contributed by atoms with van der Waals surface area (Å²) in [6, 6.07) is 5.34. The molecule has 0 saturated heterocycles. The van der Waals surface area contributed by atoms with E-state index in [0.717, 1.165) is 5.69 Å². The van der Waals surface area contributed by atoms with Crippen molar-refractivity contribution in [1.82, 2.24) is 0 Å². The van der Waals surface area contributed by atoms with E-state index < -0.39 is 11.9 Å². The van der Waals surface area contributed by atoms with Crippen molar-refractivity contribution in [3.8, 4) is 0 Å². The summed E-state index contributed by atoms with van der Waals surface area (Å²) in [4.78, 5) is 25.1. The Bertz CT molecular complexity index is 560. The van der Waals surface area contributed by atoms with Crippen molar-refractivity contribution in [3.05, 3.63) is 23.2 Å². The summed E-state index contributed by atoms with van der Waals surface area (Å²) in [5.41, 5.74) is 1.40. The molecule has 1 amide bonds. The predicted octanol–water partition coefficient (Wildman–Crippen LogP) is 2.85. The molecule has 0 radical (unpaired) electrons. The van der Waals surface area contributed by atoms with Crippen molar-refractivity contribution in [1.29, 1.82) is 0 Å². The SMILES string of the molecule is CN(C)c1c(Cl)cccc1NC(=O)[C@@H]1CC[C@H](C(=O)O)C1. The zero-order valence-corrected chi connectivity index (χ0v) is 12.9. The molecule has 0 unspecified atom stereocenters. The molecule has 1 saturated carbocycles. The van der Waals surface area contributed by atoms with Crippen molar-refractivity contribution in [2.24, 2.45) is 11.8 Å². The van der Waals surface area contributed by atoms with Crippen LogP contribution >= 0.6 is 11.6 Å². The minimum absolute atomic E-state index is 0.135. The fraction of sp³-hybridized carbons (Fsp3) is 0.467. The van der Waals surface area contributed by atoms with Crippen molar-refractivity contribution < 1.29 is 14.7 Å². The molecule has 2 atom stereocenters. The van der Waals surface area contributed by atoms with Gasteiger partial charge in [-0.15, -0.1) is 0 Å². The Kier molecular flexibility index (Phi) is 4.73. The van der Waals surface area contributed by atoms with Gasteiger partial charge in [-0.1, -0.05) is 17.7 Å². The van der Waals surface area contributed by atoms with Crippen molar-refractivity contribution in [2.75, 3.05) is 24.3 Å². The van der Waals surface area contributed by atoms with Gasteiger partial charge < -0.3 is 15.3 Å². The molecule has 0 bridgehead atoms. The second kappa shape index (κ2) is 6.35. The number of rotatable bonds is 4. The highest BCUT2D eigenvalue weighted by atomic mass is 35.5. The van der Waals surface area contributed by atoms with Gasteiger partial charge in [-0.25, -0.2) is 0 Å². The normalized spacial score (nSPS) is 21.1. The number of carbonyl (C=O) groups excluding carboxylic acids is 1. The second-order valence-corrected chi connectivity index (χ2v) is 5.97. The maximum absolute atomic E-state index is 12.3. The smallest absolute Gasteiger partial charge is 0.306 e. The van der Waals surface area contributed by atoms with Gasteiger partial charge in [-0.3, -0.25) is 9.59 Å². The first-order chi connectivity index (χ1) is 9.90. The maximum atomic E-state index is 12.3. The van der Waals surface area contributed by atoms with Crippen LogP contribution in [0.15, 0.2) is 18.2 Å². The molecule has 0 heterocycles.